The number of amides is 2. The normalized spacial score (nSPS) is 22.1. The van der Waals surface area contributed by atoms with Gasteiger partial charge in [-0.2, -0.15) is 0 Å². The van der Waals surface area contributed by atoms with Crippen molar-refractivity contribution >= 4 is 6.03 Å². The van der Waals surface area contributed by atoms with Crippen LogP contribution in [0.3, 0.4) is 0 Å². The van der Waals surface area contributed by atoms with E-state index in [1.165, 1.54) is 0 Å². The molecule has 2 aliphatic heterocycles. The highest BCUT2D eigenvalue weighted by molar-refractivity contribution is 5.75. The van der Waals surface area contributed by atoms with E-state index in [9.17, 15) is 4.79 Å². The average molecular weight is 325 g/mol. The zero-order chi connectivity index (χ0) is 16.5. The number of carbonyl (C=O) groups is 1. The lowest BCUT2D eigenvalue weighted by Gasteiger charge is -2.28. The molecule has 0 saturated carbocycles. The van der Waals surface area contributed by atoms with Gasteiger partial charge < -0.3 is 14.8 Å². The topological polar surface area (TPSA) is 63.1 Å². The van der Waals surface area contributed by atoms with Gasteiger partial charge in [-0.1, -0.05) is 37.3 Å². The standard InChI is InChI=1S/C18H23N5O/c1-2-16-20-21-17-10-14-8-9-15(12-22(16)17)23(14)18(24)19-11-13-6-4-3-5-7-13/h3-7,14-15H,2,8-12H2,1H3,(H,19,24)/t14-,15+/m0/s1. The van der Waals surface area contributed by atoms with E-state index in [0.29, 0.717) is 6.54 Å². The molecule has 0 radical (unpaired) electrons. The molecule has 2 amide bonds. The fourth-order valence-corrected chi connectivity index (χ4v) is 3.95. The number of fused-ring (bicyclic) bond motifs is 3. The van der Waals surface area contributed by atoms with Crippen molar-refractivity contribution in [1.82, 2.24) is 25.0 Å². The van der Waals surface area contributed by atoms with E-state index in [0.717, 1.165) is 49.4 Å². The second-order valence-corrected chi connectivity index (χ2v) is 6.64. The SMILES string of the molecule is CCc1nnc2n1C[C@H]1CC[C@@H](C2)N1C(=O)NCc1ccccc1. The largest absolute Gasteiger partial charge is 0.334 e. The summed E-state index contributed by atoms with van der Waals surface area (Å²) in [6.45, 7) is 3.49. The summed E-state index contributed by atoms with van der Waals surface area (Å²) in [5, 5.41) is 11.7. The molecule has 0 unspecified atom stereocenters. The van der Waals surface area contributed by atoms with Crippen molar-refractivity contribution in [3.63, 3.8) is 0 Å². The van der Waals surface area contributed by atoms with Crippen molar-refractivity contribution in [2.75, 3.05) is 0 Å². The summed E-state index contributed by atoms with van der Waals surface area (Å²) in [7, 11) is 0. The molecule has 1 N–H and O–H groups in total. The minimum absolute atomic E-state index is 0.0445. The molecule has 24 heavy (non-hydrogen) atoms. The van der Waals surface area contributed by atoms with Crippen molar-refractivity contribution in [3.05, 3.63) is 47.5 Å². The first kappa shape index (κ1) is 15.2. The van der Waals surface area contributed by atoms with Crippen LogP contribution in [0.15, 0.2) is 30.3 Å². The molecular formula is C18H23N5O. The molecular weight excluding hydrogens is 302 g/mol. The molecule has 1 saturated heterocycles. The third-order valence-electron chi connectivity index (χ3n) is 5.17. The van der Waals surface area contributed by atoms with Crippen LogP contribution in [-0.4, -0.2) is 37.8 Å². The first-order valence-electron chi connectivity index (χ1n) is 8.77. The van der Waals surface area contributed by atoms with Gasteiger partial charge in [0.15, 0.2) is 0 Å². The average Bonchev–Trinajstić information content (AvgIpc) is 3.13. The molecule has 6 nitrogen and oxygen atoms in total. The summed E-state index contributed by atoms with van der Waals surface area (Å²) in [4.78, 5) is 14.8. The molecule has 2 aromatic rings. The molecule has 2 aliphatic rings. The first-order valence-corrected chi connectivity index (χ1v) is 8.77. The molecule has 126 valence electrons. The van der Waals surface area contributed by atoms with Crippen LogP contribution in [-0.2, 0) is 25.9 Å². The van der Waals surface area contributed by atoms with Crippen LogP contribution >= 0.6 is 0 Å². The van der Waals surface area contributed by atoms with E-state index in [4.69, 9.17) is 0 Å². The summed E-state index contributed by atoms with van der Waals surface area (Å²) in [6, 6.07) is 10.6. The Bertz CT molecular complexity index is 726. The van der Waals surface area contributed by atoms with Crippen molar-refractivity contribution in [3.8, 4) is 0 Å². The van der Waals surface area contributed by atoms with Crippen LogP contribution in [0, 0.1) is 0 Å². The fraction of sp³-hybridized carbons (Fsp3) is 0.500. The Morgan fingerprint density at radius 3 is 2.79 bits per heavy atom. The van der Waals surface area contributed by atoms with E-state index in [2.05, 4.69) is 31.9 Å². The molecule has 4 rings (SSSR count). The van der Waals surface area contributed by atoms with Gasteiger partial charge in [-0.15, -0.1) is 10.2 Å². The predicted molar refractivity (Wildman–Crippen MR) is 90.4 cm³/mol. The Hall–Kier alpha value is -2.37. The van der Waals surface area contributed by atoms with Crippen LogP contribution in [0.25, 0.3) is 0 Å². The van der Waals surface area contributed by atoms with E-state index in [1.807, 2.05) is 30.3 Å². The second-order valence-electron chi connectivity index (χ2n) is 6.64. The third kappa shape index (κ3) is 2.66. The van der Waals surface area contributed by atoms with Gasteiger partial charge in [-0.25, -0.2) is 4.79 Å². The Labute approximate surface area is 141 Å². The quantitative estimate of drug-likeness (QED) is 0.940. The molecule has 1 aromatic carbocycles. The summed E-state index contributed by atoms with van der Waals surface area (Å²) in [5.74, 6) is 2.06. The number of benzene rings is 1. The van der Waals surface area contributed by atoms with Crippen LogP contribution < -0.4 is 5.32 Å². The van der Waals surface area contributed by atoms with Gasteiger partial charge in [0, 0.05) is 32.0 Å². The van der Waals surface area contributed by atoms with Crippen LogP contribution in [0.2, 0.25) is 0 Å². The molecule has 1 fully saturated rings. The minimum atomic E-state index is 0.0445. The lowest BCUT2D eigenvalue weighted by molar-refractivity contribution is 0.170. The number of hydrogen-bond donors (Lipinski definition) is 1. The highest BCUT2D eigenvalue weighted by Gasteiger charge is 2.40. The zero-order valence-corrected chi connectivity index (χ0v) is 14.0. The van der Waals surface area contributed by atoms with Gasteiger partial charge in [0.2, 0.25) is 0 Å². The van der Waals surface area contributed by atoms with Crippen LogP contribution in [0.5, 0.6) is 0 Å². The number of nitrogens with zero attached hydrogens (tertiary/aromatic N) is 4. The highest BCUT2D eigenvalue weighted by atomic mass is 16.2. The summed E-state index contributed by atoms with van der Waals surface area (Å²) in [5.41, 5.74) is 1.12. The maximum atomic E-state index is 12.8. The Kier molecular flexibility index (Phi) is 3.96. The highest BCUT2D eigenvalue weighted by Crippen LogP contribution is 2.31. The Balaban J connectivity index is 1.48. The summed E-state index contributed by atoms with van der Waals surface area (Å²) in [6.07, 6.45) is 3.80. The third-order valence-corrected chi connectivity index (χ3v) is 5.17. The molecule has 2 atom stereocenters. The van der Waals surface area contributed by atoms with Crippen molar-refractivity contribution < 1.29 is 4.79 Å². The van der Waals surface area contributed by atoms with Crippen LogP contribution in [0.4, 0.5) is 4.79 Å². The molecule has 0 aliphatic carbocycles. The zero-order valence-electron chi connectivity index (χ0n) is 14.0. The monoisotopic (exact) mass is 325 g/mol. The molecule has 1 aromatic heterocycles. The van der Waals surface area contributed by atoms with E-state index >= 15 is 0 Å². The summed E-state index contributed by atoms with van der Waals surface area (Å²) < 4.78 is 2.22. The van der Waals surface area contributed by atoms with E-state index < -0.39 is 0 Å². The number of urea groups is 1. The predicted octanol–water partition coefficient (Wildman–Crippen LogP) is 2.14. The molecule has 3 heterocycles. The lowest BCUT2D eigenvalue weighted by Crippen LogP contribution is -2.47. The Morgan fingerprint density at radius 1 is 1.21 bits per heavy atom. The van der Waals surface area contributed by atoms with Gasteiger partial charge in [0.25, 0.3) is 0 Å². The van der Waals surface area contributed by atoms with Gasteiger partial charge >= 0.3 is 6.03 Å². The summed E-state index contributed by atoms with van der Waals surface area (Å²) >= 11 is 0. The number of carbonyl (C=O) groups excluding carboxylic acids is 1. The van der Waals surface area contributed by atoms with Gasteiger partial charge in [-0.3, -0.25) is 0 Å². The number of rotatable bonds is 3. The molecule has 2 bridgehead atoms. The van der Waals surface area contributed by atoms with Gasteiger partial charge in [0.1, 0.15) is 11.6 Å². The molecule has 0 spiro atoms. The van der Waals surface area contributed by atoms with Crippen molar-refractivity contribution in [2.45, 2.75) is 57.8 Å². The lowest BCUT2D eigenvalue weighted by atomic mass is 10.1. The maximum Gasteiger partial charge on any atom is 0.318 e. The first-order chi connectivity index (χ1) is 11.8. The number of aromatic nitrogens is 3. The van der Waals surface area contributed by atoms with E-state index in [1.54, 1.807) is 0 Å². The van der Waals surface area contributed by atoms with Gasteiger partial charge in [-0.05, 0) is 18.4 Å². The number of hydrogen-bond acceptors (Lipinski definition) is 3. The Morgan fingerprint density at radius 2 is 2.00 bits per heavy atom. The van der Waals surface area contributed by atoms with E-state index in [-0.39, 0.29) is 18.1 Å². The fourth-order valence-electron chi connectivity index (χ4n) is 3.95. The number of nitrogens with one attached hydrogen (secondary N) is 1. The minimum Gasteiger partial charge on any atom is -0.334 e. The van der Waals surface area contributed by atoms with Crippen molar-refractivity contribution in [2.24, 2.45) is 0 Å². The van der Waals surface area contributed by atoms with Gasteiger partial charge in [0.05, 0.1) is 6.04 Å². The number of aryl methyl sites for hydroxylation is 1. The second kappa shape index (κ2) is 6.26. The van der Waals surface area contributed by atoms with Crippen LogP contribution in [0.1, 0.15) is 37.0 Å². The smallest absolute Gasteiger partial charge is 0.318 e. The molecule has 6 heteroatoms. The van der Waals surface area contributed by atoms with Crippen molar-refractivity contribution in [1.29, 1.82) is 0 Å². The maximum absolute atomic E-state index is 12.8.